The summed E-state index contributed by atoms with van der Waals surface area (Å²) in [5, 5.41) is 5.06. The largest absolute Gasteiger partial charge is 0.435 e. The van der Waals surface area contributed by atoms with Crippen molar-refractivity contribution in [3.05, 3.63) is 177 Å². The number of rotatable bonds is 4. The number of nitrogens with two attached hydrogens (primary N) is 1. The van der Waals surface area contributed by atoms with E-state index in [1.807, 2.05) is 13.8 Å². The molecule has 75 heavy (non-hydrogen) atoms. The molecule has 388 valence electrons. The highest BCUT2D eigenvalue weighted by molar-refractivity contribution is 7.15. The van der Waals surface area contributed by atoms with E-state index in [4.69, 9.17) is 40.5 Å². The lowest BCUT2D eigenvalue weighted by atomic mass is 10.2. The summed E-state index contributed by atoms with van der Waals surface area (Å²) in [4.78, 5) is 40.6. The van der Waals surface area contributed by atoms with Crippen LogP contribution in [0.1, 0.15) is 32.5 Å². The molecule has 29 heteroatoms. The molecule has 0 radical (unpaired) electrons. The number of imidazole rings is 3. The first-order valence-electron chi connectivity index (χ1n) is 21.0. The SMILES string of the molecule is Cc1c(C(F)(F)F)nc2ccccn12.Cc1cnc(N)s1.Cc1cnc(Nc2cncc(-c3c(C(F)(F)F)nc4ccccn34)n2)s1.Clc1cccc(Cl)n1.FC(F)(F)c1nc2ccccn2c1-c1cncc(Cl)n1. The van der Waals surface area contributed by atoms with Crippen molar-refractivity contribution in [2.75, 3.05) is 11.1 Å². The second-order valence-electron chi connectivity index (χ2n) is 15.0. The number of thiazole rings is 2. The molecule has 0 aliphatic rings. The molecule has 0 saturated carbocycles. The minimum absolute atomic E-state index is 0.0153. The van der Waals surface area contributed by atoms with Crippen LogP contribution in [0.25, 0.3) is 39.7 Å². The number of nitrogens with one attached hydrogen (secondary N) is 1. The first-order valence-corrected chi connectivity index (χ1v) is 23.8. The van der Waals surface area contributed by atoms with Gasteiger partial charge in [-0.05, 0) is 69.3 Å². The number of halogens is 12. The normalized spacial score (nSPS) is 11.5. The van der Waals surface area contributed by atoms with Gasteiger partial charge in [0.25, 0.3) is 0 Å². The summed E-state index contributed by atoms with van der Waals surface area (Å²) >= 11 is 19.5. The van der Waals surface area contributed by atoms with Gasteiger partial charge in [-0.15, -0.1) is 22.7 Å². The average Bonchev–Trinajstić information content (AvgIpc) is 4.20. The number of aryl methyl sites for hydroxylation is 3. The van der Waals surface area contributed by atoms with Gasteiger partial charge in [-0.3, -0.25) is 18.8 Å². The number of hydrogen-bond acceptors (Lipinski definition) is 14. The molecule has 15 nitrogen and oxygen atoms in total. The van der Waals surface area contributed by atoms with Gasteiger partial charge >= 0.3 is 18.5 Å². The molecule has 0 saturated heterocycles. The lowest BCUT2D eigenvalue weighted by Crippen LogP contribution is -2.08. The van der Waals surface area contributed by atoms with Gasteiger partial charge in [-0.2, -0.15) is 39.5 Å². The molecular formula is C46H33Cl3F9N15S2. The van der Waals surface area contributed by atoms with E-state index in [0.717, 1.165) is 9.75 Å². The maximum atomic E-state index is 13.5. The Morgan fingerprint density at radius 2 is 0.947 bits per heavy atom. The smallest absolute Gasteiger partial charge is 0.375 e. The number of pyridine rings is 4. The lowest BCUT2D eigenvalue weighted by molar-refractivity contribution is -0.141. The number of alkyl halides is 9. The highest BCUT2D eigenvalue weighted by Gasteiger charge is 2.40. The van der Waals surface area contributed by atoms with Crippen LogP contribution in [0, 0.1) is 20.8 Å². The van der Waals surface area contributed by atoms with Crippen LogP contribution >= 0.6 is 57.5 Å². The van der Waals surface area contributed by atoms with Crippen molar-refractivity contribution in [1.82, 2.24) is 63.0 Å². The van der Waals surface area contributed by atoms with Crippen molar-refractivity contribution in [3.63, 3.8) is 0 Å². The van der Waals surface area contributed by atoms with Crippen LogP contribution in [0.2, 0.25) is 15.5 Å². The van der Waals surface area contributed by atoms with E-state index in [-0.39, 0.29) is 44.9 Å². The zero-order valence-electron chi connectivity index (χ0n) is 38.4. The predicted molar refractivity (Wildman–Crippen MR) is 268 cm³/mol. The summed E-state index contributed by atoms with van der Waals surface area (Å²) < 4.78 is 121. The number of aromatic nitrogens is 13. The maximum Gasteiger partial charge on any atom is 0.435 e. The maximum absolute atomic E-state index is 13.5. The Labute approximate surface area is 440 Å². The Morgan fingerprint density at radius 1 is 0.480 bits per heavy atom. The Balaban J connectivity index is 0.000000148. The van der Waals surface area contributed by atoms with E-state index in [0.29, 0.717) is 32.0 Å². The molecular weight excluding hydrogens is 1100 g/mol. The Kier molecular flexibility index (Phi) is 17.2. The van der Waals surface area contributed by atoms with Gasteiger partial charge in [0.1, 0.15) is 55.2 Å². The number of nitrogens with zero attached hydrogens (tertiary/aromatic N) is 13. The van der Waals surface area contributed by atoms with E-state index >= 15 is 0 Å². The van der Waals surface area contributed by atoms with Crippen LogP contribution in [0.4, 0.5) is 55.6 Å². The molecule has 0 amide bonds. The topological polar surface area (TPSA) is 180 Å². The second-order valence-corrected chi connectivity index (χ2v) is 18.6. The number of nitrogen functional groups attached to an aromatic ring is 1. The summed E-state index contributed by atoms with van der Waals surface area (Å²) in [6.45, 7) is 5.29. The Hall–Kier alpha value is -7.52. The third kappa shape index (κ3) is 14.2. The van der Waals surface area contributed by atoms with Crippen molar-refractivity contribution in [3.8, 4) is 22.8 Å². The standard InChI is InChI=1S/C16H11F3N6S.C12H6ClF3N4.C9H7F3N2.C5H3Cl2N.C4H6N2S/c1-9-6-21-15(26-9)23-11-8-20-7-10(22-11)13-14(16(17,18)19)24-12-4-2-3-5-25(12)13;13-8-6-17-5-7(18-8)10-11(12(14,15)16)19-9-3-1-2-4-20(9)10;1-6-8(9(10,11)12)13-7-4-2-3-5-14(6)7;6-4-2-1-3-5(7)8-4;1-3-2-6-4(5)7-3/h2-8H,1H3,(H,21,22,23);1-6H;2-5H,1H3;1-3H;2H,1H3,(H2,5,6). The molecule has 11 aromatic rings. The lowest BCUT2D eigenvalue weighted by Gasteiger charge is -2.08. The molecule has 11 rings (SSSR count). The second kappa shape index (κ2) is 23.4. The minimum Gasteiger partial charge on any atom is -0.375 e. The van der Waals surface area contributed by atoms with Crippen molar-refractivity contribution in [2.45, 2.75) is 39.3 Å². The molecule has 0 aliphatic heterocycles. The van der Waals surface area contributed by atoms with Crippen molar-refractivity contribution < 1.29 is 39.5 Å². The first kappa shape index (κ1) is 55.2. The molecule has 0 unspecified atom stereocenters. The Morgan fingerprint density at radius 3 is 1.36 bits per heavy atom. The van der Waals surface area contributed by atoms with Gasteiger partial charge in [0.15, 0.2) is 33.2 Å². The summed E-state index contributed by atoms with van der Waals surface area (Å²) in [6, 6.07) is 19.4. The third-order valence-corrected chi connectivity index (χ3v) is 11.7. The van der Waals surface area contributed by atoms with Gasteiger partial charge in [0, 0.05) is 40.7 Å². The molecule has 0 atom stereocenters. The minimum atomic E-state index is -4.61. The van der Waals surface area contributed by atoms with Crippen molar-refractivity contribution in [2.24, 2.45) is 0 Å². The summed E-state index contributed by atoms with van der Waals surface area (Å²) in [5.41, 5.74) is 3.01. The van der Waals surface area contributed by atoms with Crippen molar-refractivity contribution in [1.29, 1.82) is 0 Å². The van der Waals surface area contributed by atoms with Gasteiger partial charge in [0.05, 0.1) is 30.5 Å². The predicted octanol–water partition coefficient (Wildman–Crippen LogP) is 13.9. The molecule has 0 aliphatic carbocycles. The highest BCUT2D eigenvalue weighted by Crippen LogP contribution is 2.38. The molecule has 0 fully saturated rings. The average molecular weight is 1140 g/mol. The summed E-state index contributed by atoms with van der Waals surface area (Å²) in [6.07, 6.45) is -0.391. The van der Waals surface area contributed by atoms with E-state index in [9.17, 15) is 39.5 Å². The number of fused-ring (bicyclic) bond motifs is 3. The summed E-state index contributed by atoms with van der Waals surface area (Å²) in [5.74, 6) is 0.302. The van der Waals surface area contributed by atoms with E-state index in [1.54, 1.807) is 79.3 Å². The van der Waals surface area contributed by atoms with Crippen molar-refractivity contribution >= 4 is 90.5 Å². The van der Waals surface area contributed by atoms with E-state index < -0.39 is 35.6 Å². The molecule has 3 N–H and O–H groups in total. The molecule has 0 bridgehead atoms. The van der Waals surface area contributed by atoms with Crippen LogP contribution in [0.5, 0.6) is 0 Å². The number of anilines is 3. The fourth-order valence-electron chi connectivity index (χ4n) is 6.54. The van der Waals surface area contributed by atoms with Crippen LogP contribution in [0.15, 0.2) is 129 Å². The van der Waals surface area contributed by atoms with Gasteiger partial charge in [-0.1, -0.05) is 59.1 Å². The van der Waals surface area contributed by atoms with Gasteiger partial charge in [0.2, 0.25) is 0 Å². The third-order valence-electron chi connectivity index (χ3n) is 9.54. The molecule has 0 spiro atoms. The number of hydrogen-bond donors (Lipinski definition) is 2. The highest BCUT2D eigenvalue weighted by atomic mass is 35.5. The van der Waals surface area contributed by atoms with Crippen LogP contribution in [-0.2, 0) is 18.5 Å². The fraction of sp³-hybridized carbons (Fsp3) is 0.130. The van der Waals surface area contributed by atoms with Gasteiger partial charge < -0.3 is 15.5 Å². The summed E-state index contributed by atoms with van der Waals surface area (Å²) in [7, 11) is 0. The van der Waals surface area contributed by atoms with Crippen LogP contribution < -0.4 is 11.1 Å². The fourth-order valence-corrected chi connectivity index (χ4v) is 8.27. The zero-order chi connectivity index (χ0) is 54.2. The molecule has 11 aromatic heterocycles. The molecule has 0 aromatic carbocycles. The molecule has 11 heterocycles. The first-order chi connectivity index (χ1) is 35.5. The van der Waals surface area contributed by atoms with E-state index in [2.05, 4.69) is 55.2 Å². The van der Waals surface area contributed by atoms with E-state index in [1.165, 1.54) is 92.1 Å². The quantitative estimate of drug-likeness (QED) is 0.126. The van der Waals surface area contributed by atoms with Gasteiger partial charge in [-0.25, -0.2) is 39.9 Å². The van der Waals surface area contributed by atoms with Crippen LogP contribution in [0.3, 0.4) is 0 Å². The zero-order valence-corrected chi connectivity index (χ0v) is 42.3. The van der Waals surface area contributed by atoms with Crippen LogP contribution in [-0.4, -0.2) is 63.0 Å². The Bertz CT molecular complexity index is 3670. The monoisotopic (exact) mass is 1140 g/mol.